The van der Waals surface area contributed by atoms with Crippen LogP contribution in [0.2, 0.25) is 0 Å². The van der Waals surface area contributed by atoms with Gasteiger partial charge in [0.1, 0.15) is 11.5 Å². The van der Waals surface area contributed by atoms with Gasteiger partial charge in [-0.15, -0.1) is 0 Å². The molecule has 2 N–H and O–H groups in total. The van der Waals surface area contributed by atoms with Crippen molar-refractivity contribution < 1.29 is 19.8 Å². The number of aromatic hydroxyl groups is 2. The standard InChI is InChI=1S/C18H15BrN2O4/c19-11-5-8(12(22)6-13(11)23)7-20-21-16(24)14-9-1-2-10(15(14)17(21)25)18(9)3-4-18/h1-2,5-7,9-10,14-15,22-23H,3-4H2/b20-7+/t9-,10+,14-,15-/m0/s1. The van der Waals surface area contributed by atoms with Gasteiger partial charge in [0.25, 0.3) is 11.8 Å². The molecule has 1 aromatic rings. The number of phenols is 2. The summed E-state index contributed by atoms with van der Waals surface area (Å²) in [5.74, 6) is -1.02. The molecule has 1 aliphatic heterocycles. The van der Waals surface area contributed by atoms with Crippen molar-refractivity contribution in [3.8, 4) is 11.5 Å². The average Bonchev–Trinajstić information content (AvgIpc) is 3.17. The Morgan fingerprint density at radius 2 is 1.68 bits per heavy atom. The Kier molecular flexibility index (Phi) is 2.86. The fourth-order valence-electron chi connectivity index (χ4n) is 4.97. The molecular weight excluding hydrogens is 388 g/mol. The highest BCUT2D eigenvalue weighted by molar-refractivity contribution is 9.10. The zero-order valence-corrected chi connectivity index (χ0v) is 14.7. The van der Waals surface area contributed by atoms with Crippen molar-refractivity contribution in [3.05, 3.63) is 34.3 Å². The van der Waals surface area contributed by atoms with Crippen molar-refractivity contribution in [1.29, 1.82) is 0 Å². The molecule has 0 unspecified atom stereocenters. The van der Waals surface area contributed by atoms with Gasteiger partial charge in [-0.25, -0.2) is 0 Å². The Labute approximate surface area is 152 Å². The summed E-state index contributed by atoms with van der Waals surface area (Å²) in [7, 11) is 0. The number of halogens is 1. The predicted octanol–water partition coefficient (Wildman–Crippen LogP) is 2.39. The molecule has 2 bridgehead atoms. The highest BCUT2D eigenvalue weighted by Crippen LogP contribution is 2.73. The molecular formula is C18H15BrN2O4. The van der Waals surface area contributed by atoms with Crippen molar-refractivity contribution in [2.24, 2.45) is 34.2 Å². The van der Waals surface area contributed by atoms with E-state index in [0.717, 1.165) is 17.9 Å². The Balaban J connectivity index is 1.45. The lowest BCUT2D eigenvalue weighted by molar-refractivity contribution is -0.141. The number of amides is 2. The van der Waals surface area contributed by atoms with Crippen LogP contribution in [-0.4, -0.2) is 33.3 Å². The Hall–Kier alpha value is -2.15. The van der Waals surface area contributed by atoms with E-state index in [2.05, 4.69) is 33.2 Å². The molecule has 0 aromatic heterocycles. The van der Waals surface area contributed by atoms with Gasteiger partial charge in [-0.3, -0.25) is 9.59 Å². The van der Waals surface area contributed by atoms with Crippen LogP contribution in [0, 0.1) is 29.1 Å². The van der Waals surface area contributed by atoms with Gasteiger partial charge in [-0.2, -0.15) is 10.1 Å². The summed E-state index contributed by atoms with van der Waals surface area (Å²) in [6.07, 6.45) is 7.70. The molecule has 1 aromatic carbocycles. The quantitative estimate of drug-likeness (QED) is 0.451. The first-order valence-corrected chi connectivity index (χ1v) is 9.05. The largest absolute Gasteiger partial charge is 0.507 e. The first-order valence-electron chi connectivity index (χ1n) is 8.26. The van der Waals surface area contributed by atoms with Crippen molar-refractivity contribution in [2.75, 3.05) is 0 Å². The summed E-state index contributed by atoms with van der Waals surface area (Å²) in [5, 5.41) is 24.4. The zero-order chi connectivity index (χ0) is 17.5. The van der Waals surface area contributed by atoms with E-state index < -0.39 is 0 Å². The van der Waals surface area contributed by atoms with Crippen LogP contribution in [0.4, 0.5) is 0 Å². The van der Waals surface area contributed by atoms with Crippen molar-refractivity contribution >= 4 is 34.0 Å². The van der Waals surface area contributed by atoms with Crippen molar-refractivity contribution in [2.45, 2.75) is 12.8 Å². The highest BCUT2D eigenvalue weighted by atomic mass is 79.9. The number of nitrogens with zero attached hydrogens (tertiary/aromatic N) is 2. The van der Waals surface area contributed by atoms with Gasteiger partial charge in [0.2, 0.25) is 0 Å². The zero-order valence-electron chi connectivity index (χ0n) is 13.1. The minimum absolute atomic E-state index is 0.102. The minimum Gasteiger partial charge on any atom is -0.507 e. The molecule has 5 rings (SSSR count). The van der Waals surface area contributed by atoms with Gasteiger partial charge >= 0.3 is 0 Å². The van der Waals surface area contributed by atoms with Crippen LogP contribution in [0.5, 0.6) is 11.5 Å². The molecule has 3 aliphatic carbocycles. The average molecular weight is 403 g/mol. The van der Waals surface area contributed by atoms with Crippen LogP contribution >= 0.6 is 15.9 Å². The van der Waals surface area contributed by atoms with E-state index in [9.17, 15) is 19.8 Å². The normalized spacial score (nSPS) is 33.9. The second-order valence-electron chi connectivity index (χ2n) is 7.32. The number of hydrogen-bond donors (Lipinski definition) is 2. The second-order valence-corrected chi connectivity index (χ2v) is 8.17. The number of imide groups is 1. The van der Waals surface area contributed by atoms with Crippen LogP contribution < -0.4 is 0 Å². The van der Waals surface area contributed by atoms with Gasteiger partial charge in [-0.05, 0) is 52.1 Å². The Bertz CT molecular complexity index is 855. The summed E-state index contributed by atoms with van der Waals surface area (Å²) < 4.78 is 0.389. The summed E-state index contributed by atoms with van der Waals surface area (Å²) in [6, 6.07) is 2.65. The Morgan fingerprint density at radius 1 is 1.08 bits per heavy atom. The third kappa shape index (κ3) is 1.82. The van der Waals surface area contributed by atoms with E-state index in [1.165, 1.54) is 18.3 Å². The maximum Gasteiger partial charge on any atom is 0.254 e. The molecule has 2 amide bonds. The van der Waals surface area contributed by atoms with Crippen molar-refractivity contribution in [1.82, 2.24) is 5.01 Å². The lowest BCUT2D eigenvalue weighted by Crippen LogP contribution is -2.30. The van der Waals surface area contributed by atoms with E-state index >= 15 is 0 Å². The van der Waals surface area contributed by atoms with Gasteiger partial charge in [0.15, 0.2) is 0 Å². The lowest BCUT2D eigenvalue weighted by Gasteiger charge is -2.18. The molecule has 1 spiro atoms. The van der Waals surface area contributed by atoms with E-state index in [0.29, 0.717) is 10.0 Å². The number of carbonyl (C=O) groups is 2. The van der Waals surface area contributed by atoms with Crippen LogP contribution in [0.25, 0.3) is 0 Å². The summed E-state index contributed by atoms with van der Waals surface area (Å²) in [5.41, 5.74) is 0.471. The topological polar surface area (TPSA) is 90.2 Å². The molecule has 4 aliphatic rings. The first-order chi connectivity index (χ1) is 11.9. The van der Waals surface area contributed by atoms with E-state index in [-0.39, 0.29) is 52.4 Å². The maximum atomic E-state index is 12.8. The van der Waals surface area contributed by atoms with E-state index in [1.54, 1.807) is 0 Å². The highest BCUT2D eigenvalue weighted by Gasteiger charge is 2.73. The molecule has 7 heteroatoms. The number of hydrazone groups is 1. The SMILES string of the molecule is O=C1[C@@H]2[C@@H](C(=O)N1/N=C/c1cc(Br)c(O)cc1O)[C@@H]1C=C[C@H]2C12CC2. The number of carbonyl (C=O) groups excluding carboxylic acids is 2. The number of hydrogen-bond acceptors (Lipinski definition) is 5. The van der Waals surface area contributed by atoms with Crippen LogP contribution in [0.15, 0.2) is 33.9 Å². The van der Waals surface area contributed by atoms with Crippen molar-refractivity contribution in [3.63, 3.8) is 0 Å². The molecule has 25 heavy (non-hydrogen) atoms. The first kappa shape index (κ1) is 15.1. The third-order valence-electron chi connectivity index (χ3n) is 6.24. The van der Waals surface area contributed by atoms with Gasteiger partial charge in [-0.1, -0.05) is 12.2 Å². The lowest BCUT2D eigenvalue weighted by atomic mass is 9.85. The predicted molar refractivity (Wildman–Crippen MR) is 91.7 cm³/mol. The molecule has 1 heterocycles. The molecule has 3 fully saturated rings. The Morgan fingerprint density at radius 3 is 2.24 bits per heavy atom. The smallest absolute Gasteiger partial charge is 0.254 e. The molecule has 128 valence electrons. The molecule has 2 saturated carbocycles. The van der Waals surface area contributed by atoms with Gasteiger partial charge in [0.05, 0.1) is 22.5 Å². The fraction of sp³-hybridized carbons (Fsp3) is 0.389. The van der Waals surface area contributed by atoms with Crippen LogP contribution in [0.3, 0.4) is 0 Å². The minimum atomic E-state index is -0.290. The number of benzene rings is 1. The third-order valence-corrected chi connectivity index (χ3v) is 6.87. The molecule has 0 radical (unpaired) electrons. The summed E-state index contributed by atoms with van der Waals surface area (Å²) in [6.45, 7) is 0. The fourth-order valence-corrected chi connectivity index (χ4v) is 5.33. The van der Waals surface area contributed by atoms with E-state index in [4.69, 9.17) is 0 Å². The number of fused-ring (bicyclic) bond motifs is 3. The van der Waals surface area contributed by atoms with Gasteiger partial charge < -0.3 is 10.2 Å². The summed E-state index contributed by atoms with van der Waals surface area (Å²) in [4.78, 5) is 25.6. The van der Waals surface area contributed by atoms with Gasteiger partial charge in [0, 0.05) is 11.6 Å². The molecule has 6 nitrogen and oxygen atoms in total. The van der Waals surface area contributed by atoms with E-state index in [1.807, 2.05) is 0 Å². The number of rotatable bonds is 2. The summed E-state index contributed by atoms with van der Waals surface area (Å²) >= 11 is 3.16. The monoisotopic (exact) mass is 402 g/mol. The molecule has 1 saturated heterocycles. The number of allylic oxidation sites excluding steroid dienone is 2. The second kappa shape index (κ2) is 4.72. The van der Waals surface area contributed by atoms with Crippen LogP contribution in [0.1, 0.15) is 18.4 Å². The number of phenolic OH excluding ortho intramolecular Hbond substituents is 2. The van der Waals surface area contributed by atoms with Crippen LogP contribution in [-0.2, 0) is 9.59 Å². The maximum absolute atomic E-state index is 12.8. The molecule has 4 atom stereocenters.